The molecule has 0 aromatic heterocycles. The van der Waals surface area contributed by atoms with E-state index in [2.05, 4.69) is 5.32 Å². The Balaban J connectivity index is 1.69. The summed E-state index contributed by atoms with van der Waals surface area (Å²) in [5.41, 5.74) is -1.16. The second kappa shape index (κ2) is 15.5. The molecule has 0 spiro atoms. The van der Waals surface area contributed by atoms with Crippen LogP contribution in [0.25, 0.3) is 0 Å². The van der Waals surface area contributed by atoms with Gasteiger partial charge < -0.3 is 24.8 Å². The van der Waals surface area contributed by atoms with Crippen LogP contribution in [-0.2, 0) is 19.9 Å². The molecule has 1 aromatic rings. The third kappa shape index (κ3) is 8.37. The number of methoxy groups -OCH3 is 2. The summed E-state index contributed by atoms with van der Waals surface area (Å²) in [6, 6.07) is 4.83. The Bertz CT molecular complexity index is 867. The number of amides is 1. The number of benzene rings is 1. The van der Waals surface area contributed by atoms with Crippen LogP contribution in [0.1, 0.15) is 76.2 Å². The minimum atomic E-state index is -1.40. The molecule has 6 nitrogen and oxygen atoms in total. The molecular weight excluding hydrogens is 507 g/mol. The van der Waals surface area contributed by atoms with Crippen LogP contribution in [0, 0.1) is 23.6 Å². The molecule has 1 aromatic carbocycles. The van der Waals surface area contributed by atoms with Crippen LogP contribution < -0.4 is 5.32 Å². The molecule has 3 atom stereocenters. The van der Waals surface area contributed by atoms with E-state index in [1.807, 2.05) is 11.9 Å². The molecule has 216 valence electrons. The van der Waals surface area contributed by atoms with E-state index >= 15 is 4.39 Å². The molecule has 3 rings (SSSR count). The molecule has 1 amide bonds. The maximum atomic E-state index is 15.2. The van der Waals surface area contributed by atoms with Crippen molar-refractivity contribution in [2.75, 3.05) is 47.5 Å². The summed E-state index contributed by atoms with van der Waals surface area (Å²) in [5, 5.41) is 15.3. The van der Waals surface area contributed by atoms with Crippen LogP contribution in [0.3, 0.4) is 0 Å². The van der Waals surface area contributed by atoms with Crippen LogP contribution in [0.4, 0.5) is 4.39 Å². The van der Waals surface area contributed by atoms with Gasteiger partial charge in [-0.15, -0.1) is 0 Å². The molecule has 1 aliphatic heterocycles. The van der Waals surface area contributed by atoms with Gasteiger partial charge in [-0.2, -0.15) is 0 Å². The first-order valence-corrected chi connectivity index (χ1v) is 14.8. The fourth-order valence-electron chi connectivity index (χ4n) is 6.61. The van der Waals surface area contributed by atoms with Crippen molar-refractivity contribution in [3.8, 4) is 0 Å². The molecule has 0 bridgehead atoms. The second-order valence-electron chi connectivity index (χ2n) is 11.4. The monoisotopic (exact) mass is 554 g/mol. The molecule has 1 aliphatic carbocycles. The Morgan fingerprint density at radius 3 is 2.68 bits per heavy atom. The van der Waals surface area contributed by atoms with Gasteiger partial charge in [-0.1, -0.05) is 23.7 Å². The second-order valence-corrected chi connectivity index (χ2v) is 11.8. The zero-order valence-corrected chi connectivity index (χ0v) is 24.3. The third-order valence-corrected chi connectivity index (χ3v) is 9.07. The summed E-state index contributed by atoms with van der Waals surface area (Å²) >= 11 is 6.12. The number of piperidine rings is 1. The lowest BCUT2D eigenvalue weighted by Crippen LogP contribution is -2.49. The Morgan fingerprint density at radius 1 is 1.24 bits per heavy atom. The Kier molecular flexibility index (Phi) is 12.8. The first kappa shape index (κ1) is 31.3. The fourth-order valence-corrected chi connectivity index (χ4v) is 6.78. The van der Waals surface area contributed by atoms with Crippen molar-refractivity contribution in [2.24, 2.45) is 17.8 Å². The number of hydrogen-bond acceptors (Lipinski definition) is 5. The van der Waals surface area contributed by atoms with Gasteiger partial charge in [0.15, 0.2) is 0 Å². The number of likely N-dealkylation sites (tertiary alicyclic amines) is 1. The number of nitrogens with zero attached hydrogens (tertiary/aromatic N) is 1. The van der Waals surface area contributed by atoms with E-state index in [4.69, 9.17) is 21.1 Å². The van der Waals surface area contributed by atoms with Gasteiger partial charge in [-0.3, -0.25) is 4.79 Å². The highest BCUT2D eigenvalue weighted by Gasteiger charge is 2.43. The van der Waals surface area contributed by atoms with E-state index < -0.39 is 11.4 Å². The molecule has 2 fully saturated rings. The molecule has 2 N–H and O–H groups in total. The van der Waals surface area contributed by atoms with Gasteiger partial charge >= 0.3 is 0 Å². The number of unbranched alkanes of at least 4 members (excludes halogenated alkanes) is 1. The normalized spacial score (nSPS) is 24.7. The number of carbonyl (C=O) groups is 1. The van der Waals surface area contributed by atoms with Crippen molar-refractivity contribution in [1.29, 1.82) is 0 Å². The highest BCUT2D eigenvalue weighted by molar-refractivity contribution is 6.30. The van der Waals surface area contributed by atoms with E-state index in [0.29, 0.717) is 51.0 Å². The Labute approximate surface area is 233 Å². The molecule has 1 saturated carbocycles. The van der Waals surface area contributed by atoms with E-state index in [1.54, 1.807) is 26.4 Å². The summed E-state index contributed by atoms with van der Waals surface area (Å²) in [4.78, 5) is 15.4. The molecule has 38 heavy (non-hydrogen) atoms. The van der Waals surface area contributed by atoms with Crippen LogP contribution in [0.2, 0.25) is 5.02 Å². The van der Waals surface area contributed by atoms with Gasteiger partial charge in [0.05, 0.1) is 16.7 Å². The quantitative estimate of drug-likeness (QED) is 0.295. The summed E-state index contributed by atoms with van der Waals surface area (Å²) in [5.74, 6) is 0.209. The lowest BCUT2D eigenvalue weighted by Gasteiger charge is -2.43. The first-order chi connectivity index (χ1) is 18.3. The van der Waals surface area contributed by atoms with Gasteiger partial charge in [0, 0.05) is 51.8 Å². The minimum absolute atomic E-state index is 0.0102. The van der Waals surface area contributed by atoms with Crippen molar-refractivity contribution in [1.82, 2.24) is 10.2 Å². The zero-order chi connectivity index (χ0) is 27.5. The van der Waals surface area contributed by atoms with Crippen LogP contribution in [0.15, 0.2) is 18.2 Å². The van der Waals surface area contributed by atoms with Crippen molar-refractivity contribution in [3.63, 3.8) is 0 Å². The van der Waals surface area contributed by atoms with Crippen molar-refractivity contribution in [3.05, 3.63) is 34.6 Å². The highest BCUT2D eigenvalue weighted by Crippen LogP contribution is 2.42. The SMILES string of the molecule is CNC[C@@H](CC(=O)N1CCC[C@@H]([C@@](O)(CCCCOC)c2cccc(Cl)c2F)C1)CC1CCC(OC)CC1. The molecule has 2 aliphatic rings. The number of nitrogens with one attached hydrogen (secondary N) is 1. The summed E-state index contributed by atoms with van der Waals surface area (Å²) < 4.78 is 25.9. The molecule has 0 radical (unpaired) electrons. The predicted octanol–water partition coefficient (Wildman–Crippen LogP) is 5.54. The summed E-state index contributed by atoms with van der Waals surface area (Å²) in [7, 11) is 5.39. The Hall–Kier alpha value is -1.25. The zero-order valence-electron chi connectivity index (χ0n) is 23.5. The van der Waals surface area contributed by atoms with Gasteiger partial charge in [0.2, 0.25) is 5.91 Å². The summed E-state index contributed by atoms with van der Waals surface area (Å²) in [6.45, 7) is 2.50. The van der Waals surface area contributed by atoms with Gasteiger partial charge in [-0.05, 0) is 95.7 Å². The molecular formula is C30H48ClFN2O4. The molecule has 0 unspecified atom stereocenters. The maximum absolute atomic E-state index is 15.2. The molecule has 8 heteroatoms. The van der Waals surface area contributed by atoms with Crippen LogP contribution >= 0.6 is 11.6 Å². The number of carbonyl (C=O) groups excluding carboxylic acids is 1. The standard InChI is InChI=1S/C30H48ClFN2O4/c1-33-20-23(18-22-11-13-25(38-3)14-12-22)19-28(35)34-16-7-8-24(21-34)30(36,15-4-5-17-37-2)26-9-6-10-27(31)29(26)32/h6,9-10,22-25,33,36H,4-5,7-8,11-21H2,1-3H3/t22?,23-,24-,25?,30+/m1/s1. The molecule has 1 saturated heterocycles. The smallest absolute Gasteiger partial charge is 0.222 e. The van der Waals surface area contributed by atoms with Gasteiger partial charge in [-0.25, -0.2) is 4.39 Å². The number of aliphatic hydroxyl groups is 1. The first-order valence-electron chi connectivity index (χ1n) is 14.4. The highest BCUT2D eigenvalue weighted by atomic mass is 35.5. The lowest BCUT2D eigenvalue weighted by atomic mass is 9.73. The average molecular weight is 555 g/mol. The van der Waals surface area contributed by atoms with Crippen molar-refractivity contribution < 1.29 is 23.8 Å². The Morgan fingerprint density at radius 2 is 2.00 bits per heavy atom. The lowest BCUT2D eigenvalue weighted by molar-refractivity contribution is -0.138. The predicted molar refractivity (Wildman–Crippen MR) is 150 cm³/mol. The maximum Gasteiger partial charge on any atom is 0.222 e. The average Bonchev–Trinajstić information content (AvgIpc) is 2.93. The van der Waals surface area contributed by atoms with Gasteiger partial charge in [0.1, 0.15) is 5.82 Å². The van der Waals surface area contributed by atoms with E-state index in [0.717, 1.165) is 57.9 Å². The van der Waals surface area contributed by atoms with Gasteiger partial charge in [0.25, 0.3) is 0 Å². The van der Waals surface area contributed by atoms with Crippen LogP contribution in [-0.4, -0.2) is 69.5 Å². The topological polar surface area (TPSA) is 71.0 Å². The number of halogens is 2. The van der Waals surface area contributed by atoms with Crippen LogP contribution in [0.5, 0.6) is 0 Å². The summed E-state index contributed by atoms with van der Waals surface area (Å²) in [6.07, 6.45) is 9.79. The van der Waals surface area contributed by atoms with Crippen molar-refractivity contribution in [2.45, 2.75) is 82.3 Å². The largest absolute Gasteiger partial charge is 0.385 e. The number of ether oxygens (including phenoxy) is 2. The minimum Gasteiger partial charge on any atom is -0.385 e. The third-order valence-electron chi connectivity index (χ3n) is 8.77. The van der Waals surface area contributed by atoms with Crippen molar-refractivity contribution >= 4 is 17.5 Å². The van der Waals surface area contributed by atoms with E-state index in [9.17, 15) is 9.90 Å². The van der Waals surface area contributed by atoms with E-state index in [-0.39, 0.29) is 28.3 Å². The van der Waals surface area contributed by atoms with E-state index in [1.165, 1.54) is 6.07 Å². The fraction of sp³-hybridized carbons (Fsp3) is 0.767. The molecule has 1 heterocycles. The number of hydrogen-bond donors (Lipinski definition) is 2. The number of rotatable bonds is 14.